The van der Waals surface area contributed by atoms with Crippen molar-refractivity contribution in [1.82, 2.24) is 10.2 Å². The summed E-state index contributed by atoms with van der Waals surface area (Å²) < 4.78 is 31.7. The van der Waals surface area contributed by atoms with Gasteiger partial charge in [-0.1, -0.05) is 40.9 Å². The van der Waals surface area contributed by atoms with Gasteiger partial charge in [0.15, 0.2) is 0 Å². The molecule has 0 heterocycles. The third kappa shape index (κ3) is 7.90. The summed E-state index contributed by atoms with van der Waals surface area (Å²) in [6, 6.07) is 8.34. The van der Waals surface area contributed by atoms with Gasteiger partial charge in [0.05, 0.1) is 19.1 Å². The molecule has 2 aromatic rings. The average Bonchev–Trinajstić information content (AvgIpc) is 2.74. The second kappa shape index (κ2) is 11.9. The van der Waals surface area contributed by atoms with Gasteiger partial charge in [-0.3, -0.25) is 13.9 Å². The molecule has 8 nitrogen and oxygen atoms in total. The number of nitrogens with one attached hydrogen (secondary N) is 1. The summed E-state index contributed by atoms with van der Waals surface area (Å²) in [7, 11) is -2.59. The summed E-state index contributed by atoms with van der Waals surface area (Å²) in [4.78, 5) is 27.9. The van der Waals surface area contributed by atoms with E-state index in [1.165, 1.54) is 30.2 Å². The van der Waals surface area contributed by atoms with Crippen LogP contribution in [0.15, 0.2) is 36.4 Å². The molecule has 0 aliphatic rings. The molecule has 0 saturated carbocycles. The lowest BCUT2D eigenvalue weighted by molar-refractivity contribution is -0.140. The quantitative estimate of drug-likeness (QED) is 0.463. The number of anilines is 1. The Hall–Kier alpha value is -2.20. The van der Waals surface area contributed by atoms with Gasteiger partial charge < -0.3 is 15.0 Å². The predicted octanol–water partition coefficient (Wildman–Crippen LogP) is 4.75. The van der Waals surface area contributed by atoms with E-state index < -0.39 is 40.0 Å². The van der Waals surface area contributed by atoms with Gasteiger partial charge in [0, 0.05) is 32.7 Å². The number of carbonyl (C=O) groups excluding carboxylic acids is 2. The van der Waals surface area contributed by atoms with Crippen molar-refractivity contribution in [1.29, 1.82) is 0 Å². The second-order valence-corrected chi connectivity index (χ2v) is 12.4. The van der Waals surface area contributed by atoms with Crippen LogP contribution in [0.2, 0.25) is 15.1 Å². The molecule has 198 valence electrons. The molecule has 2 aromatic carbocycles. The number of benzene rings is 2. The van der Waals surface area contributed by atoms with Crippen LogP contribution < -0.4 is 14.4 Å². The number of hydrogen-bond acceptors (Lipinski definition) is 5. The van der Waals surface area contributed by atoms with Gasteiger partial charge in [0.25, 0.3) is 0 Å². The van der Waals surface area contributed by atoms with E-state index in [-0.39, 0.29) is 23.0 Å². The Morgan fingerprint density at radius 1 is 1.08 bits per heavy atom. The Morgan fingerprint density at radius 3 is 2.17 bits per heavy atom. The van der Waals surface area contributed by atoms with E-state index in [1.54, 1.807) is 25.1 Å². The van der Waals surface area contributed by atoms with Crippen LogP contribution in [0.3, 0.4) is 0 Å². The number of methoxy groups -OCH3 is 1. The fourth-order valence-electron chi connectivity index (χ4n) is 3.36. The molecule has 0 bridgehead atoms. The van der Waals surface area contributed by atoms with Gasteiger partial charge >= 0.3 is 0 Å². The van der Waals surface area contributed by atoms with Crippen molar-refractivity contribution in [2.75, 3.05) is 24.2 Å². The molecule has 1 atom stereocenters. The van der Waals surface area contributed by atoms with Crippen molar-refractivity contribution < 1.29 is 22.7 Å². The zero-order chi connectivity index (χ0) is 27.4. The highest BCUT2D eigenvalue weighted by Gasteiger charge is 2.33. The largest absolute Gasteiger partial charge is 0.495 e. The van der Waals surface area contributed by atoms with Crippen molar-refractivity contribution in [3.8, 4) is 5.75 Å². The van der Waals surface area contributed by atoms with E-state index in [4.69, 9.17) is 39.5 Å². The summed E-state index contributed by atoms with van der Waals surface area (Å²) in [6.45, 7) is 6.24. The number of carbonyl (C=O) groups is 2. The minimum Gasteiger partial charge on any atom is -0.495 e. The van der Waals surface area contributed by atoms with Crippen molar-refractivity contribution in [3.05, 3.63) is 57.0 Å². The zero-order valence-corrected chi connectivity index (χ0v) is 24.0. The van der Waals surface area contributed by atoms with Crippen LogP contribution in [0.1, 0.15) is 33.3 Å². The second-order valence-electron chi connectivity index (χ2n) is 9.22. The van der Waals surface area contributed by atoms with E-state index in [1.807, 2.05) is 20.8 Å². The molecule has 2 amide bonds. The van der Waals surface area contributed by atoms with Crippen molar-refractivity contribution in [3.63, 3.8) is 0 Å². The molecule has 0 aromatic heterocycles. The number of nitrogens with zero attached hydrogens (tertiary/aromatic N) is 2. The smallest absolute Gasteiger partial charge is 0.244 e. The average molecular weight is 579 g/mol. The molecule has 36 heavy (non-hydrogen) atoms. The molecular weight excluding hydrogens is 549 g/mol. The minimum absolute atomic E-state index is 0.0865. The minimum atomic E-state index is -3.97. The monoisotopic (exact) mass is 577 g/mol. The molecule has 12 heteroatoms. The van der Waals surface area contributed by atoms with Crippen molar-refractivity contribution in [2.45, 2.75) is 45.8 Å². The summed E-state index contributed by atoms with van der Waals surface area (Å²) in [5.41, 5.74) is -0.0473. The lowest BCUT2D eigenvalue weighted by Crippen LogP contribution is -2.54. The first-order valence-electron chi connectivity index (χ1n) is 10.9. The normalized spacial score (nSPS) is 12.6. The number of amides is 2. The third-order valence-corrected chi connectivity index (χ3v) is 7.21. The maximum absolute atomic E-state index is 13.7. The van der Waals surface area contributed by atoms with E-state index in [0.717, 1.165) is 10.6 Å². The van der Waals surface area contributed by atoms with Crippen LogP contribution in [-0.2, 0) is 26.2 Å². The third-order valence-electron chi connectivity index (χ3n) is 5.14. The molecule has 0 radical (unpaired) electrons. The van der Waals surface area contributed by atoms with Gasteiger partial charge in [-0.2, -0.15) is 0 Å². The molecular formula is C24H30Cl3N3O5S. The lowest BCUT2D eigenvalue weighted by atomic mass is 10.1. The fraction of sp³-hybridized carbons (Fsp3) is 0.417. The van der Waals surface area contributed by atoms with E-state index in [0.29, 0.717) is 15.6 Å². The number of sulfonamides is 1. The Bertz CT molecular complexity index is 1210. The Balaban J connectivity index is 2.54. The first-order chi connectivity index (χ1) is 16.5. The van der Waals surface area contributed by atoms with Crippen LogP contribution in [0.5, 0.6) is 5.75 Å². The maximum atomic E-state index is 13.7. The summed E-state index contributed by atoms with van der Waals surface area (Å²) in [5, 5.41) is 3.71. The van der Waals surface area contributed by atoms with Gasteiger partial charge in [-0.15, -0.1) is 0 Å². The maximum Gasteiger partial charge on any atom is 0.244 e. The molecule has 0 aliphatic heterocycles. The van der Waals surface area contributed by atoms with Crippen LogP contribution in [0, 0.1) is 0 Å². The van der Waals surface area contributed by atoms with Crippen molar-refractivity contribution >= 4 is 62.3 Å². The summed E-state index contributed by atoms with van der Waals surface area (Å²) in [6.07, 6.45) is 0.964. The van der Waals surface area contributed by atoms with Gasteiger partial charge in [-0.05, 0) is 58.0 Å². The van der Waals surface area contributed by atoms with Crippen LogP contribution in [-0.4, -0.2) is 56.6 Å². The molecule has 2 rings (SSSR count). The molecule has 0 unspecified atom stereocenters. The molecule has 0 aliphatic carbocycles. The number of hydrogen-bond donors (Lipinski definition) is 1. The highest BCUT2D eigenvalue weighted by Crippen LogP contribution is 2.33. The van der Waals surface area contributed by atoms with E-state index in [9.17, 15) is 18.0 Å². The van der Waals surface area contributed by atoms with E-state index in [2.05, 4.69) is 5.32 Å². The van der Waals surface area contributed by atoms with Gasteiger partial charge in [-0.25, -0.2) is 8.42 Å². The zero-order valence-electron chi connectivity index (χ0n) is 20.9. The SMILES string of the molecule is COc1ccc(Cl)cc1N(CC(=O)N(Cc1c(Cl)cccc1Cl)[C@H](C)C(=O)NC(C)(C)C)S(C)(=O)=O. The van der Waals surface area contributed by atoms with E-state index >= 15 is 0 Å². The molecule has 0 fully saturated rings. The Labute approximate surface area is 227 Å². The first kappa shape index (κ1) is 30.0. The first-order valence-corrected chi connectivity index (χ1v) is 13.9. The predicted molar refractivity (Wildman–Crippen MR) is 145 cm³/mol. The molecule has 0 saturated heterocycles. The molecule has 1 N–H and O–H groups in total. The number of ether oxygens (including phenoxy) is 1. The number of rotatable bonds is 9. The highest BCUT2D eigenvalue weighted by molar-refractivity contribution is 7.92. The summed E-state index contributed by atoms with van der Waals surface area (Å²) >= 11 is 18.8. The van der Waals surface area contributed by atoms with Crippen LogP contribution >= 0.6 is 34.8 Å². The summed E-state index contributed by atoms with van der Waals surface area (Å²) in [5.74, 6) is -0.878. The van der Waals surface area contributed by atoms with Crippen LogP contribution in [0.4, 0.5) is 5.69 Å². The molecule has 0 spiro atoms. The lowest BCUT2D eigenvalue weighted by Gasteiger charge is -2.33. The topological polar surface area (TPSA) is 96.0 Å². The Kier molecular flexibility index (Phi) is 9.92. The standard InChI is InChI=1S/C24H30Cl3N3O5S/c1-15(23(32)28-24(2,3)4)29(13-17-18(26)8-7-9-19(17)27)22(31)14-30(36(6,33)34)20-12-16(25)10-11-21(20)35-5/h7-12,15H,13-14H2,1-6H3,(H,28,32)/t15-/m1/s1. The van der Waals surface area contributed by atoms with Crippen molar-refractivity contribution in [2.24, 2.45) is 0 Å². The van der Waals surface area contributed by atoms with Gasteiger partial charge in [0.1, 0.15) is 18.3 Å². The Morgan fingerprint density at radius 2 is 1.67 bits per heavy atom. The fourth-order valence-corrected chi connectivity index (χ4v) is 4.89. The highest BCUT2D eigenvalue weighted by atomic mass is 35.5. The van der Waals surface area contributed by atoms with Gasteiger partial charge in [0.2, 0.25) is 21.8 Å². The van der Waals surface area contributed by atoms with Crippen LogP contribution in [0.25, 0.3) is 0 Å². The number of halogens is 3.